The Bertz CT molecular complexity index is 1700. The minimum absolute atomic E-state index is 0.194. The van der Waals surface area contributed by atoms with Gasteiger partial charge in [0.05, 0.1) is 11.4 Å². The van der Waals surface area contributed by atoms with Crippen molar-refractivity contribution in [2.75, 3.05) is 13.2 Å². The quantitative estimate of drug-likeness (QED) is 0.213. The molecule has 0 spiro atoms. The molecule has 38 heavy (non-hydrogen) atoms. The normalized spacial score (nSPS) is 14.8. The maximum Gasteiger partial charge on any atom is 0.293 e. The number of carbonyl (C=O) groups excluding carboxylic acids is 2. The molecule has 6 heteroatoms. The first-order valence-corrected chi connectivity index (χ1v) is 13.4. The van der Waals surface area contributed by atoms with Gasteiger partial charge in [0, 0.05) is 34.1 Å². The molecule has 5 nitrogen and oxygen atoms in total. The molecule has 2 heterocycles. The van der Waals surface area contributed by atoms with E-state index < -0.39 is 0 Å². The van der Waals surface area contributed by atoms with Crippen LogP contribution in [0.15, 0.2) is 102 Å². The summed E-state index contributed by atoms with van der Waals surface area (Å²) in [7, 11) is 0. The van der Waals surface area contributed by atoms with E-state index in [0.717, 1.165) is 57.0 Å². The lowest BCUT2D eigenvalue weighted by atomic mass is 10.1. The lowest BCUT2D eigenvalue weighted by Crippen LogP contribution is -2.32. The predicted molar refractivity (Wildman–Crippen MR) is 154 cm³/mol. The molecule has 0 aliphatic carbocycles. The second kappa shape index (κ2) is 10.2. The van der Waals surface area contributed by atoms with Crippen LogP contribution in [0.2, 0.25) is 0 Å². The Balaban J connectivity index is 1.23. The van der Waals surface area contributed by atoms with E-state index in [1.165, 1.54) is 10.5 Å². The van der Waals surface area contributed by atoms with Gasteiger partial charge in [-0.15, -0.1) is 0 Å². The van der Waals surface area contributed by atoms with Gasteiger partial charge in [-0.25, -0.2) is 0 Å². The zero-order valence-corrected chi connectivity index (χ0v) is 21.8. The minimum Gasteiger partial charge on any atom is -0.491 e. The Morgan fingerprint density at radius 1 is 0.816 bits per heavy atom. The van der Waals surface area contributed by atoms with E-state index in [9.17, 15) is 9.59 Å². The number of para-hydroxylation sites is 1. The van der Waals surface area contributed by atoms with Crippen LogP contribution in [0.3, 0.4) is 0 Å². The summed E-state index contributed by atoms with van der Waals surface area (Å²) in [6.45, 7) is 3.22. The van der Waals surface area contributed by atoms with Gasteiger partial charge in [-0.2, -0.15) is 0 Å². The number of benzene rings is 4. The summed E-state index contributed by atoms with van der Waals surface area (Å²) in [5.41, 5.74) is 4.33. The Morgan fingerprint density at radius 3 is 2.37 bits per heavy atom. The highest BCUT2D eigenvalue weighted by molar-refractivity contribution is 8.18. The number of hydrogen-bond donors (Lipinski definition) is 0. The van der Waals surface area contributed by atoms with E-state index in [0.29, 0.717) is 4.91 Å². The Labute approximate surface area is 225 Å². The number of nitrogens with zero attached hydrogens (tertiary/aromatic N) is 2. The molecular weight excluding hydrogens is 492 g/mol. The predicted octanol–water partition coefficient (Wildman–Crippen LogP) is 7.27. The number of rotatable bonds is 7. The second-order valence-electron chi connectivity index (χ2n) is 9.25. The van der Waals surface area contributed by atoms with Crippen molar-refractivity contribution in [2.45, 2.75) is 13.5 Å². The van der Waals surface area contributed by atoms with Crippen LogP contribution in [0.4, 0.5) is 4.79 Å². The van der Waals surface area contributed by atoms with Crippen molar-refractivity contribution in [3.8, 4) is 5.75 Å². The van der Waals surface area contributed by atoms with Crippen molar-refractivity contribution in [3.63, 3.8) is 0 Å². The summed E-state index contributed by atoms with van der Waals surface area (Å²) < 4.78 is 8.25. The van der Waals surface area contributed by atoms with Gasteiger partial charge in [-0.05, 0) is 47.8 Å². The fraction of sp³-hybridized carbons (Fsp3) is 0.125. The van der Waals surface area contributed by atoms with Gasteiger partial charge < -0.3 is 9.30 Å². The van der Waals surface area contributed by atoms with Crippen LogP contribution in [0, 0.1) is 6.92 Å². The Kier molecular flexibility index (Phi) is 6.48. The highest BCUT2D eigenvalue weighted by Gasteiger charge is 2.35. The molecule has 0 unspecified atom stereocenters. The van der Waals surface area contributed by atoms with E-state index in [-0.39, 0.29) is 24.3 Å². The topological polar surface area (TPSA) is 51.5 Å². The molecule has 1 aliphatic heterocycles. The number of imide groups is 1. The first-order valence-electron chi connectivity index (χ1n) is 12.6. The molecule has 5 aromatic rings. The Morgan fingerprint density at radius 2 is 1.53 bits per heavy atom. The molecule has 6 rings (SSSR count). The van der Waals surface area contributed by atoms with E-state index in [1.54, 1.807) is 0 Å². The molecule has 1 aliphatic rings. The molecule has 0 N–H and O–H groups in total. The third-order valence-corrected chi connectivity index (χ3v) is 7.84. The summed E-state index contributed by atoms with van der Waals surface area (Å²) in [5.74, 6) is 0.466. The van der Waals surface area contributed by atoms with E-state index in [2.05, 4.69) is 35.8 Å². The van der Waals surface area contributed by atoms with Crippen molar-refractivity contribution in [3.05, 3.63) is 119 Å². The van der Waals surface area contributed by atoms with Crippen molar-refractivity contribution in [2.24, 2.45) is 0 Å². The monoisotopic (exact) mass is 518 g/mol. The minimum atomic E-state index is -0.277. The number of carbonyl (C=O) groups is 2. The molecule has 0 atom stereocenters. The van der Waals surface area contributed by atoms with Crippen molar-refractivity contribution >= 4 is 50.7 Å². The van der Waals surface area contributed by atoms with Gasteiger partial charge in [-0.3, -0.25) is 14.5 Å². The number of fused-ring (bicyclic) bond motifs is 2. The van der Waals surface area contributed by atoms with Crippen LogP contribution in [0.1, 0.15) is 16.8 Å². The van der Waals surface area contributed by atoms with Gasteiger partial charge in [0.25, 0.3) is 11.1 Å². The molecule has 1 aromatic heterocycles. The lowest BCUT2D eigenvalue weighted by Gasteiger charge is -2.14. The summed E-state index contributed by atoms with van der Waals surface area (Å²) in [5, 5.41) is 2.88. The molecule has 0 radical (unpaired) electrons. The first kappa shape index (κ1) is 24.1. The number of thioether (sulfide) groups is 1. The fourth-order valence-electron chi connectivity index (χ4n) is 5.00. The zero-order chi connectivity index (χ0) is 26.1. The molecule has 4 aromatic carbocycles. The highest BCUT2D eigenvalue weighted by Crippen LogP contribution is 2.36. The number of ether oxygens (including phenoxy) is 1. The second-order valence-corrected chi connectivity index (χ2v) is 10.2. The van der Waals surface area contributed by atoms with Crippen LogP contribution in [0.5, 0.6) is 5.75 Å². The van der Waals surface area contributed by atoms with Crippen LogP contribution in [-0.4, -0.2) is 33.8 Å². The van der Waals surface area contributed by atoms with Gasteiger partial charge in [0.15, 0.2) is 0 Å². The highest BCUT2D eigenvalue weighted by atomic mass is 32.2. The summed E-state index contributed by atoms with van der Waals surface area (Å²) in [4.78, 5) is 27.8. The largest absolute Gasteiger partial charge is 0.491 e. The summed E-state index contributed by atoms with van der Waals surface area (Å²) in [6.07, 6.45) is 1.87. The van der Waals surface area contributed by atoms with Crippen molar-refractivity contribution in [1.82, 2.24) is 9.47 Å². The third-order valence-electron chi connectivity index (χ3n) is 6.93. The maximum absolute atomic E-state index is 13.3. The summed E-state index contributed by atoms with van der Waals surface area (Å²) >= 11 is 0.990. The lowest BCUT2D eigenvalue weighted by molar-refractivity contribution is -0.123. The zero-order valence-electron chi connectivity index (χ0n) is 21.0. The van der Waals surface area contributed by atoms with Crippen LogP contribution >= 0.6 is 11.8 Å². The van der Waals surface area contributed by atoms with Gasteiger partial charge in [0.1, 0.15) is 12.4 Å². The fourth-order valence-corrected chi connectivity index (χ4v) is 5.85. The maximum atomic E-state index is 13.3. The van der Waals surface area contributed by atoms with Gasteiger partial charge in [0.2, 0.25) is 0 Å². The molecule has 0 bridgehead atoms. The Hall–Kier alpha value is -4.29. The van der Waals surface area contributed by atoms with E-state index >= 15 is 0 Å². The van der Waals surface area contributed by atoms with Gasteiger partial charge >= 0.3 is 0 Å². The number of amides is 2. The molecule has 188 valence electrons. The molecule has 1 saturated heterocycles. The van der Waals surface area contributed by atoms with Crippen molar-refractivity contribution in [1.29, 1.82) is 0 Å². The average molecular weight is 519 g/mol. The number of aromatic nitrogens is 1. The standard InChI is InChI=1S/C32H26N2O3S/c1-22-27(26-15-7-8-16-28(26)34(22)21-23-10-3-2-4-11-23)20-30-31(35)33(32(36)38-30)18-19-37-29-17-9-13-24-12-5-6-14-25(24)29/h2-17,20H,18-19,21H2,1H3/b30-20-. The number of hydrogen-bond acceptors (Lipinski definition) is 4. The van der Waals surface area contributed by atoms with Crippen LogP contribution in [-0.2, 0) is 11.3 Å². The van der Waals surface area contributed by atoms with Crippen LogP contribution < -0.4 is 4.74 Å². The molecule has 1 fully saturated rings. The van der Waals surface area contributed by atoms with Crippen molar-refractivity contribution < 1.29 is 14.3 Å². The average Bonchev–Trinajstić information content (AvgIpc) is 3.37. The molecular formula is C32H26N2O3S. The third kappa shape index (κ3) is 4.48. The van der Waals surface area contributed by atoms with E-state index in [4.69, 9.17) is 4.74 Å². The van der Waals surface area contributed by atoms with Crippen LogP contribution in [0.25, 0.3) is 27.8 Å². The summed E-state index contributed by atoms with van der Waals surface area (Å²) in [6, 6.07) is 32.4. The van der Waals surface area contributed by atoms with Gasteiger partial charge in [-0.1, -0.05) is 84.9 Å². The molecule has 2 amide bonds. The van der Waals surface area contributed by atoms with E-state index in [1.807, 2.05) is 78.9 Å². The smallest absolute Gasteiger partial charge is 0.293 e. The SMILES string of the molecule is Cc1c(/C=C2\SC(=O)N(CCOc3cccc4ccccc34)C2=O)c2ccccc2n1Cc1ccccc1. The first-order chi connectivity index (χ1) is 18.6. The molecule has 0 saturated carbocycles.